The molecule has 1 spiro atoms. The van der Waals surface area contributed by atoms with Crippen molar-refractivity contribution < 1.29 is 4.74 Å². The number of hydrogen-bond donors (Lipinski definition) is 0. The lowest BCUT2D eigenvalue weighted by molar-refractivity contribution is -0.221. The van der Waals surface area contributed by atoms with Crippen molar-refractivity contribution >= 4 is 0 Å². The molecule has 1 heteroatoms. The van der Waals surface area contributed by atoms with Crippen LogP contribution in [0.1, 0.15) is 47.0 Å². The van der Waals surface area contributed by atoms with Crippen LogP contribution >= 0.6 is 0 Å². The summed E-state index contributed by atoms with van der Waals surface area (Å²) >= 11 is 0. The van der Waals surface area contributed by atoms with Crippen LogP contribution in [-0.2, 0) is 4.74 Å². The van der Waals surface area contributed by atoms with Crippen molar-refractivity contribution in [2.24, 2.45) is 34.0 Å². The van der Waals surface area contributed by atoms with Gasteiger partial charge in [-0.05, 0) is 48.9 Å². The van der Waals surface area contributed by atoms with Gasteiger partial charge in [-0.25, -0.2) is 0 Å². The molecule has 1 heterocycles. The zero-order valence-electron chi connectivity index (χ0n) is 10.8. The highest BCUT2D eigenvalue weighted by atomic mass is 16.6. The first-order chi connectivity index (χ1) is 7.35. The lowest BCUT2D eigenvalue weighted by Crippen LogP contribution is -2.54. The molecule has 6 fully saturated rings. The van der Waals surface area contributed by atoms with E-state index >= 15 is 0 Å². The van der Waals surface area contributed by atoms with E-state index in [1.54, 1.807) is 0 Å². The van der Waals surface area contributed by atoms with Gasteiger partial charge in [-0.3, -0.25) is 0 Å². The SMILES string of the molecule is CC1(C)C[C@@H]2[C@@]3(C[C@H]4[C@@H]5O[C@@](C)([C@@H]53)[C@@]24C)C1. The fourth-order valence-corrected chi connectivity index (χ4v) is 7.69. The molecular formula is C15H22O. The van der Waals surface area contributed by atoms with E-state index in [9.17, 15) is 0 Å². The second-order valence-electron chi connectivity index (χ2n) is 8.59. The molecule has 0 unspecified atom stereocenters. The van der Waals surface area contributed by atoms with Gasteiger partial charge in [-0.2, -0.15) is 0 Å². The molecule has 88 valence electrons. The van der Waals surface area contributed by atoms with Gasteiger partial charge in [0.15, 0.2) is 0 Å². The normalized spacial score (nSPS) is 75.8. The van der Waals surface area contributed by atoms with Gasteiger partial charge in [0, 0.05) is 11.3 Å². The molecule has 6 rings (SSSR count). The maximum Gasteiger partial charge on any atom is 0.0776 e. The molecule has 0 aromatic carbocycles. The summed E-state index contributed by atoms with van der Waals surface area (Å²) in [5, 5.41) is 0. The van der Waals surface area contributed by atoms with E-state index in [2.05, 4.69) is 27.7 Å². The molecular weight excluding hydrogens is 196 g/mol. The van der Waals surface area contributed by atoms with Crippen LogP contribution in [0.3, 0.4) is 0 Å². The minimum absolute atomic E-state index is 0.280. The Morgan fingerprint density at radius 3 is 2.50 bits per heavy atom. The third-order valence-corrected chi connectivity index (χ3v) is 7.74. The molecule has 5 saturated carbocycles. The van der Waals surface area contributed by atoms with Crippen molar-refractivity contribution in [3.05, 3.63) is 0 Å². The van der Waals surface area contributed by atoms with E-state index in [4.69, 9.17) is 4.74 Å². The average Bonchev–Trinajstić information content (AvgIpc) is 2.72. The van der Waals surface area contributed by atoms with Gasteiger partial charge in [-0.1, -0.05) is 20.8 Å². The van der Waals surface area contributed by atoms with Crippen LogP contribution in [0.25, 0.3) is 0 Å². The molecule has 7 atom stereocenters. The van der Waals surface area contributed by atoms with Crippen LogP contribution in [-0.4, -0.2) is 11.7 Å². The standard InChI is InChI=1S/C15H22O/c1-12(2)6-9-13(3)8-5-15(9,7-12)11-10(8)16-14(11,13)4/h8-11H,5-7H2,1-4H3/t8-,9-,10-,11+,13+,14-,15+/m0/s1. The molecule has 5 aliphatic carbocycles. The Hall–Kier alpha value is -0.0400. The summed E-state index contributed by atoms with van der Waals surface area (Å²) in [6, 6.07) is 0. The van der Waals surface area contributed by atoms with Crippen molar-refractivity contribution in [1.29, 1.82) is 0 Å². The number of hydrogen-bond acceptors (Lipinski definition) is 1. The summed E-state index contributed by atoms with van der Waals surface area (Å²) in [6.45, 7) is 9.98. The molecule has 0 N–H and O–H groups in total. The zero-order valence-corrected chi connectivity index (χ0v) is 10.8. The van der Waals surface area contributed by atoms with Gasteiger partial charge >= 0.3 is 0 Å². The van der Waals surface area contributed by atoms with Crippen LogP contribution in [0, 0.1) is 34.0 Å². The fourth-order valence-electron chi connectivity index (χ4n) is 7.69. The molecule has 1 saturated heterocycles. The fraction of sp³-hybridized carbons (Fsp3) is 1.00. The minimum Gasteiger partial charge on any atom is -0.370 e. The predicted octanol–water partition coefficient (Wildman–Crippen LogP) is 3.24. The summed E-state index contributed by atoms with van der Waals surface area (Å²) in [5.74, 6) is 2.83. The summed E-state index contributed by atoms with van der Waals surface area (Å²) in [5.41, 5.74) is 2.13. The first kappa shape index (κ1) is 8.97. The second kappa shape index (κ2) is 1.83. The molecule has 1 nitrogen and oxygen atoms in total. The lowest BCUT2D eigenvalue weighted by Gasteiger charge is -2.49. The Kier molecular flexibility index (Phi) is 1.02. The highest BCUT2D eigenvalue weighted by Gasteiger charge is 2.94. The van der Waals surface area contributed by atoms with Crippen LogP contribution in [0.15, 0.2) is 0 Å². The zero-order chi connectivity index (χ0) is 11.1. The van der Waals surface area contributed by atoms with Crippen LogP contribution in [0.4, 0.5) is 0 Å². The first-order valence-electron chi connectivity index (χ1n) is 7.03. The third kappa shape index (κ3) is 0.508. The van der Waals surface area contributed by atoms with Crippen LogP contribution in [0.5, 0.6) is 0 Å². The van der Waals surface area contributed by atoms with Crippen molar-refractivity contribution in [2.45, 2.75) is 58.7 Å². The van der Waals surface area contributed by atoms with E-state index < -0.39 is 0 Å². The van der Waals surface area contributed by atoms with E-state index in [-0.39, 0.29) is 5.60 Å². The Labute approximate surface area is 97.9 Å². The molecule has 0 aromatic heterocycles. The van der Waals surface area contributed by atoms with Crippen molar-refractivity contribution in [3.63, 3.8) is 0 Å². The number of rotatable bonds is 0. The molecule has 16 heavy (non-hydrogen) atoms. The van der Waals surface area contributed by atoms with E-state index in [1.165, 1.54) is 19.3 Å². The van der Waals surface area contributed by atoms with Gasteiger partial charge in [-0.15, -0.1) is 0 Å². The van der Waals surface area contributed by atoms with Crippen molar-refractivity contribution in [3.8, 4) is 0 Å². The summed E-state index contributed by atoms with van der Waals surface area (Å²) in [7, 11) is 0. The van der Waals surface area contributed by atoms with Crippen LogP contribution < -0.4 is 0 Å². The molecule has 0 radical (unpaired) electrons. The second-order valence-corrected chi connectivity index (χ2v) is 8.59. The maximum absolute atomic E-state index is 6.28. The maximum atomic E-state index is 6.28. The molecule has 1 aliphatic heterocycles. The molecule has 0 aromatic rings. The molecule has 6 bridgehead atoms. The van der Waals surface area contributed by atoms with Crippen molar-refractivity contribution in [1.82, 2.24) is 0 Å². The highest BCUT2D eigenvalue weighted by Crippen LogP contribution is 2.92. The summed E-state index contributed by atoms with van der Waals surface area (Å²) < 4.78 is 6.28. The highest BCUT2D eigenvalue weighted by molar-refractivity contribution is 5.41. The summed E-state index contributed by atoms with van der Waals surface area (Å²) in [4.78, 5) is 0. The quantitative estimate of drug-likeness (QED) is 0.606. The van der Waals surface area contributed by atoms with E-state index in [0.29, 0.717) is 22.3 Å². The lowest BCUT2D eigenvalue weighted by atomic mass is 9.66. The Morgan fingerprint density at radius 2 is 1.81 bits per heavy atom. The van der Waals surface area contributed by atoms with Crippen molar-refractivity contribution in [2.75, 3.05) is 0 Å². The van der Waals surface area contributed by atoms with Gasteiger partial charge in [0.05, 0.1) is 11.7 Å². The average molecular weight is 218 g/mol. The first-order valence-corrected chi connectivity index (χ1v) is 7.03. The van der Waals surface area contributed by atoms with E-state index in [1.807, 2.05) is 0 Å². The minimum atomic E-state index is 0.280. The molecule has 6 aliphatic rings. The Balaban J connectivity index is 1.76. The van der Waals surface area contributed by atoms with Gasteiger partial charge in [0.1, 0.15) is 0 Å². The van der Waals surface area contributed by atoms with Gasteiger partial charge < -0.3 is 4.74 Å². The van der Waals surface area contributed by atoms with Gasteiger partial charge in [0.2, 0.25) is 0 Å². The smallest absolute Gasteiger partial charge is 0.0776 e. The predicted molar refractivity (Wildman–Crippen MR) is 61.9 cm³/mol. The monoisotopic (exact) mass is 218 g/mol. The Bertz CT molecular complexity index is 427. The third-order valence-electron chi connectivity index (χ3n) is 7.74. The number of ether oxygens (including phenoxy) is 1. The topological polar surface area (TPSA) is 9.23 Å². The largest absolute Gasteiger partial charge is 0.370 e. The Morgan fingerprint density at radius 1 is 1.06 bits per heavy atom. The van der Waals surface area contributed by atoms with Crippen LogP contribution in [0.2, 0.25) is 0 Å². The van der Waals surface area contributed by atoms with Gasteiger partial charge in [0.25, 0.3) is 0 Å². The molecule has 0 amide bonds. The summed E-state index contributed by atoms with van der Waals surface area (Å²) in [6.07, 6.45) is 5.11. The van der Waals surface area contributed by atoms with E-state index in [0.717, 1.165) is 17.8 Å².